The van der Waals surface area contributed by atoms with Crippen LogP contribution in [0.4, 0.5) is 0 Å². The van der Waals surface area contributed by atoms with Gasteiger partial charge in [-0.15, -0.1) is 0 Å². The van der Waals surface area contributed by atoms with Crippen LogP contribution in [0.3, 0.4) is 0 Å². The fourth-order valence-corrected chi connectivity index (χ4v) is 3.62. The number of hydrogen-bond donors (Lipinski definition) is 2. The van der Waals surface area contributed by atoms with Gasteiger partial charge in [0.05, 0.1) is 5.60 Å². The smallest absolute Gasteiger partial charge is 0.0869 e. The van der Waals surface area contributed by atoms with E-state index in [0.717, 1.165) is 18.5 Å². The Bertz CT molecular complexity index is 265. The number of rotatable bonds is 5. The molecule has 1 saturated heterocycles. The molecule has 3 unspecified atom stereocenters. The van der Waals surface area contributed by atoms with E-state index in [1.807, 2.05) is 6.92 Å². The average molecular weight is 254 g/mol. The molecule has 3 heteroatoms. The van der Waals surface area contributed by atoms with Gasteiger partial charge in [-0.25, -0.2) is 0 Å². The van der Waals surface area contributed by atoms with E-state index >= 15 is 0 Å². The second kappa shape index (κ2) is 5.89. The van der Waals surface area contributed by atoms with Crippen molar-refractivity contribution in [2.75, 3.05) is 19.6 Å². The van der Waals surface area contributed by atoms with Crippen LogP contribution in [0.15, 0.2) is 0 Å². The summed E-state index contributed by atoms with van der Waals surface area (Å²) in [4.78, 5) is 2.55. The zero-order valence-electron chi connectivity index (χ0n) is 12.3. The number of β-amino-alcohol motifs (C(OH)–C–C–N with tert-alkyl or cyclic N) is 1. The van der Waals surface area contributed by atoms with E-state index in [2.05, 4.69) is 24.1 Å². The van der Waals surface area contributed by atoms with Gasteiger partial charge in [0.1, 0.15) is 0 Å². The van der Waals surface area contributed by atoms with Crippen LogP contribution in [-0.2, 0) is 0 Å². The molecule has 106 valence electrons. The van der Waals surface area contributed by atoms with E-state index < -0.39 is 5.60 Å². The van der Waals surface area contributed by atoms with Gasteiger partial charge in [0.25, 0.3) is 0 Å². The lowest BCUT2D eigenvalue weighted by Gasteiger charge is -2.36. The maximum atomic E-state index is 10.5. The van der Waals surface area contributed by atoms with Crippen molar-refractivity contribution in [3.8, 4) is 0 Å². The molecule has 2 N–H and O–H groups in total. The molecule has 0 spiro atoms. The lowest BCUT2D eigenvalue weighted by Crippen LogP contribution is -2.50. The first-order chi connectivity index (χ1) is 8.48. The molecule has 3 atom stereocenters. The summed E-state index contributed by atoms with van der Waals surface area (Å²) >= 11 is 0. The molecular weight excluding hydrogens is 224 g/mol. The standard InChI is InChI=1S/C15H30N2O/c1-12(2)16-10-15(3,18)11-17-9-8-13-6-4-5-7-14(13)17/h12-14,16,18H,4-11H2,1-3H3. The van der Waals surface area contributed by atoms with Crippen molar-refractivity contribution in [3.63, 3.8) is 0 Å². The van der Waals surface area contributed by atoms with Crippen LogP contribution in [0.1, 0.15) is 52.9 Å². The quantitative estimate of drug-likeness (QED) is 0.788. The zero-order valence-corrected chi connectivity index (χ0v) is 12.3. The Morgan fingerprint density at radius 3 is 2.72 bits per heavy atom. The number of fused-ring (bicyclic) bond motifs is 1. The molecule has 0 amide bonds. The third-order valence-corrected chi connectivity index (χ3v) is 4.56. The molecule has 1 aliphatic carbocycles. The minimum absolute atomic E-state index is 0.442. The first-order valence-electron chi connectivity index (χ1n) is 7.68. The molecular formula is C15H30N2O. The summed E-state index contributed by atoms with van der Waals surface area (Å²) in [6.45, 7) is 8.93. The summed E-state index contributed by atoms with van der Waals surface area (Å²) in [7, 11) is 0. The van der Waals surface area contributed by atoms with Gasteiger partial charge >= 0.3 is 0 Å². The third kappa shape index (κ3) is 3.69. The number of hydrogen-bond acceptors (Lipinski definition) is 3. The molecule has 2 aliphatic rings. The Hall–Kier alpha value is -0.120. The molecule has 1 aliphatic heterocycles. The normalized spacial score (nSPS) is 32.5. The van der Waals surface area contributed by atoms with Crippen LogP contribution < -0.4 is 5.32 Å². The Labute approximate surface area is 112 Å². The van der Waals surface area contributed by atoms with Crippen LogP contribution in [0, 0.1) is 5.92 Å². The minimum atomic E-state index is -0.601. The number of nitrogens with one attached hydrogen (secondary N) is 1. The van der Waals surface area contributed by atoms with E-state index in [1.165, 1.54) is 38.6 Å². The van der Waals surface area contributed by atoms with Crippen molar-refractivity contribution in [1.29, 1.82) is 0 Å². The highest BCUT2D eigenvalue weighted by Crippen LogP contribution is 2.36. The molecule has 0 aromatic carbocycles. The molecule has 0 aromatic heterocycles. The molecule has 18 heavy (non-hydrogen) atoms. The topological polar surface area (TPSA) is 35.5 Å². The first kappa shape index (κ1) is 14.3. The number of aliphatic hydroxyl groups is 1. The summed E-state index contributed by atoms with van der Waals surface area (Å²) in [5, 5.41) is 13.9. The van der Waals surface area contributed by atoms with E-state index in [1.54, 1.807) is 0 Å². The monoisotopic (exact) mass is 254 g/mol. The number of nitrogens with zero attached hydrogens (tertiary/aromatic N) is 1. The lowest BCUT2D eigenvalue weighted by molar-refractivity contribution is 0.00850. The predicted octanol–water partition coefficient (Wildman–Crippen LogP) is 2.00. The van der Waals surface area contributed by atoms with Crippen LogP contribution in [0.25, 0.3) is 0 Å². The summed E-state index contributed by atoms with van der Waals surface area (Å²) in [5.74, 6) is 0.910. The van der Waals surface area contributed by atoms with Gasteiger partial charge in [0.15, 0.2) is 0 Å². The molecule has 2 fully saturated rings. The molecule has 0 aromatic rings. The van der Waals surface area contributed by atoms with Gasteiger partial charge in [-0.05, 0) is 38.6 Å². The predicted molar refractivity (Wildman–Crippen MR) is 75.7 cm³/mol. The third-order valence-electron chi connectivity index (χ3n) is 4.56. The van der Waals surface area contributed by atoms with Crippen molar-refractivity contribution >= 4 is 0 Å². The average Bonchev–Trinajstić information content (AvgIpc) is 2.70. The van der Waals surface area contributed by atoms with Gasteiger partial charge in [0, 0.05) is 25.2 Å². The summed E-state index contributed by atoms with van der Waals surface area (Å²) in [6, 6.07) is 1.20. The van der Waals surface area contributed by atoms with Crippen LogP contribution >= 0.6 is 0 Å². The maximum absolute atomic E-state index is 10.5. The van der Waals surface area contributed by atoms with Crippen LogP contribution in [0.5, 0.6) is 0 Å². The SMILES string of the molecule is CC(C)NCC(C)(O)CN1CCC2CCCCC21. The van der Waals surface area contributed by atoms with Gasteiger partial charge < -0.3 is 10.4 Å². The lowest BCUT2D eigenvalue weighted by atomic mass is 9.85. The van der Waals surface area contributed by atoms with Crippen molar-refractivity contribution in [2.45, 2.75) is 70.6 Å². The molecule has 0 bridgehead atoms. The van der Waals surface area contributed by atoms with E-state index in [0.29, 0.717) is 12.6 Å². The number of likely N-dealkylation sites (tertiary alicyclic amines) is 1. The second-order valence-corrected chi connectivity index (χ2v) is 6.90. The van der Waals surface area contributed by atoms with Gasteiger partial charge in [-0.3, -0.25) is 4.90 Å². The highest BCUT2D eigenvalue weighted by molar-refractivity contribution is 4.93. The zero-order chi connectivity index (χ0) is 13.2. The summed E-state index contributed by atoms with van der Waals surface area (Å²) < 4.78 is 0. The van der Waals surface area contributed by atoms with Crippen LogP contribution in [0.2, 0.25) is 0 Å². The van der Waals surface area contributed by atoms with Gasteiger partial charge in [0.2, 0.25) is 0 Å². The maximum Gasteiger partial charge on any atom is 0.0869 e. The van der Waals surface area contributed by atoms with Crippen molar-refractivity contribution in [2.24, 2.45) is 5.92 Å². The molecule has 1 saturated carbocycles. The highest BCUT2D eigenvalue weighted by Gasteiger charge is 2.38. The first-order valence-corrected chi connectivity index (χ1v) is 7.68. The van der Waals surface area contributed by atoms with Crippen molar-refractivity contribution in [3.05, 3.63) is 0 Å². The summed E-state index contributed by atoms with van der Waals surface area (Å²) in [5.41, 5.74) is -0.601. The van der Waals surface area contributed by atoms with Crippen LogP contribution in [-0.4, -0.2) is 47.3 Å². The van der Waals surface area contributed by atoms with Gasteiger partial charge in [-0.1, -0.05) is 26.7 Å². The van der Waals surface area contributed by atoms with Crippen molar-refractivity contribution < 1.29 is 5.11 Å². The fraction of sp³-hybridized carbons (Fsp3) is 1.00. The molecule has 2 rings (SSSR count). The van der Waals surface area contributed by atoms with Gasteiger partial charge in [-0.2, -0.15) is 0 Å². The minimum Gasteiger partial charge on any atom is -0.388 e. The molecule has 3 nitrogen and oxygen atoms in total. The molecule has 0 radical (unpaired) electrons. The van der Waals surface area contributed by atoms with E-state index in [-0.39, 0.29) is 0 Å². The fourth-order valence-electron chi connectivity index (χ4n) is 3.62. The Balaban J connectivity index is 1.84. The molecule has 1 heterocycles. The van der Waals surface area contributed by atoms with E-state index in [4.69, 9.17) is 0 Å². The van der Waals surface area contributed by atoms with E-state index in [9.17, 15) is 5.11 Å². The Kier molecular flexibility index (Phi) is 4.68. The van der Waals surface area contributed by atoms with Crippen molar-refractivity contribution in [1.82, 2.24) is 10.2 Å². The largest absolute Gasteiger partial charge is 0.388 e. The Morgan fingerprint density at radius 2 is 2.00 bits per heavy atom. The highest BCUT2D eigenvalue weighted by atomic mass is 16.3. The Morgan fingerprint density at radius 1 is 1.28 bits per heavy atom. The summed E-state index contributed by atoms with van der Waals surface area (Å²) in [6.07, 6.45) is 6.90. The second-order valence-electron chi connectivity index (χ2n) is 6.90.